The standard InChI is InChI=1S/C14H13Br2ClOS/c1-3-18-11-5-4-8(2)6-9(11)13(17)12-7-10(15)14(16)19-12/h4-7,13H,3H2,1-2H3. The van der Waals surface area contributed by atoms with Crippen molar-refractivity contribution in [3.63, 3.8) is 0 Å². The summed E-state index contributed by atoms with van der Waals surface area (Å²) in [5.41, 5.74) is 2.20. The Bertz CT molecular complexity index is 563. The molecule has 5 heteroatoms. The Balaban J connectivity index is 2.41. The first-order valence-corrected chi connectivity index (χ1v) is 8.69. The number of benzene rings is 1. The molecular weight excluding hydrogens is 411 g/mol. The molecule has 0 spiro atoms. The summed E-state index contributed by atoms with van der Waals surface area (Å²) in [6.45, 7) is 4.67. The molecular formula is C14H13Br2ClOS. The van der Waals surface area contributed by atoms with Crippen LogP contribution in [0, 0.1) is 6.92 Å². The predicted molar refractivity (Wildman–Crippen MR) is 89.8 cm³/mol. The topological polar surface area (TPSA) is 9.23 Å². The van der Waals surface area contributed by atoms with Crippen molar-refractivity contribution >= 4 is 54.8 Å². The van der Waals surface area contributed by atoms with Gasteiger partial charge < -0.3 is 4.74 Å². The van der Waals surface area contributed by atoms with E-state index in [1.165, 1.54) is 5.56 Å². The summed E-state index contributed by atoms with van der Waals surface area (Å²) in [4.78, 5) is 1.09. The monoisotopic (exact) mass is 422 g/mol. The lowest BCUT2D eigenvalue weighted by Crippen LogP contribution is -1.99. The third-order valence-corrected chi connectivity index (χ3v) is 6.57. The summed E-state index contributed by atoms with van der Waals surface area (Å²) in [6.07, 6.45) is 0. The number of hydrogen-bond acceptors (Lipinski definition) is 2. The van der Waals surface area contributed by atoms with E-state index in [4.69, 9.17) is 16.3 Å². The molecule has 1 heterocycles. The predicted octanol–water partition coefficient (Wildman–Crippen LogP) is 6.31. The Morgan fingerprint density at radius 3 is 2.63 bits per heavy atom. The Kier molecular flexibility index (Phi) is 5.35. The third-order valence-electron chi connectivity index (χ3n) is 2.65. The molecule has 0 aliphatic rings. The summed E-state index contributed by atoms with van der Waals surface area (Å²) >= 11 is 15.2. The van der Waals surface area contributed by atoms with Gasteiger partial charge in [0.05, 0.1) is 15.8 Å². The summed E-state index contributed by atoms with van der Waals surface area (Å²) in [6, 6.07) is 8.16. The van der Waals surface area contributed by atoms with Crippen molar-refractivity contribution in [2.24, 2.45) is 0 Å². The molecule has 0 N–H and O–H groups in total. The largest absolute Gasteiger partial charge is 0.494 e. The van der Waals surface area contributed by atoms with Gasteiger partial charge in [-0.1, -0.05) is 17.7 Å². The molecule has 1 aromatic heterocycles. The number of halogens is 3. The van der Waals surface area contributed by atoms with E-state index in [-0.39, 0.29) is 5.38 Å². The number of aryl methyl sites for hydroxylation is 1. The van der Waals surface area contributed by atoms with Gasteiger partial charge in [0.1, 0.15) is 5.75 Å². The van der Waals surface area contributed by atoms with E-state index in [1.54, 1.807) is 11.3 Å². The first-order chi connectivity index (χ1) is 9.02. The fourth-order valence-electron chi connectivity index (χ4n) is 1.79. The van der Waals surface area contributed by atoms with Crippen LogP contribution in [-0.2, 0) is 0 Å². The minimum atomic E-state index is -0.200. The Hall–Kier alpha value is -0.0300. The zero-order valence-corrected chi connectivity index (χ0v) is 15.3. The molecule has 0 aliphatic carbocycles. The number of hydrogen-bond donors (Lipinski definition) is 0. The van der Waals surface area contributed by atoms with E-state index in [0.29, 0.717) is 6.61 Å². The molecule has 0 fully saturated rings. The van der Waals surface area contributed by atoms with Gasteiger partial charge in [0, 0.05) is 14.9 Å². The molecule has 1 aromatic carbocycles. The van der Waals surface area contributed by atoms with E-state index in [9.17, 15) is 0 Å². The van der Waals surface area contributed by atoms with Gasteiger partial charge in [0.25, 0.3) is 0 Å². The molecule has 19 heavy (non-hydrogen) atoms. The maximum absolute atomic E-state index is 6.62. The number of thiophene rings is 1. The zero-order valence-electron chi connectivity index (χ0n) is 10.5. The van der Waals surface area contributed by atoms with Crippen LogP contribution in [0.3, 0.4) is 0 Å². The lowest BCUT2D eigenvalue weighted by molar-refractivity contribution is 0.337. The average Bonchev–Trinajstić information content (AvgIpc) is 2.71. The minimum Gasteiger partial charge on any atom is -0.494 e. The molecule has 2 rings (SSSR count). The maximum Gasteiger partial charge on any atom is 0.124 e. The highest BCUT2D eigenvalue weighted by Crippen LogP contribution is 2.43. The second-order valence-electron chi connectivity index (χ2n) is 4.11. The summed E-state index contributed by atoms with van der Waals surface area (Å²) in [5.74, 6) is 0.855. The van der Waals surface area contributed by atoms with Crippen LogP contribution >= 0.6 is 54.8 Å². The van der Waals surface area contributed by atoms with Crippen LogP contribution in [0.2, 0.25) is 0 Å². The van der Waals surface area contributed by atoms with Crippen molar-refractivity contribution in [1.29, 1.82) is 0 Å². The highest BCUT2D eigenvalue weighted by atomic mass is 79.9. The molecule has 102 valence electrons. The maximum atomic E-state index is 6.62. The van der Waals surface area contributed by atoms with E-state index in [1.807, 2.05) is 25.1 Å². The third kappa shape index (κ3) is 3.54. The van der Waals surface area contributed by atoms with Gasteiger partial charge in [-0.2, -0.15) is 0 Å². The van der Waals surface area contributed by atoms with Gasteiger partial charge in [-0.25, -0.2) is 0 Å². The van der Waals surface area contributed by atoms with Crippen LogP contribution in [0.25, 0.3) is 0 Å². The first kappa shape index (κ1) is 15.4. The highest BCUT2D eigenvalue weighted by molar-refractivity contribution is 9.13. The molecule has 0 bridgehead atoms. The fourth-order valence-corrected chi connectivity index (χ4v) is 4.25. The molecule has 2 aromatic rings. The fraction of sp³-hybridized carbons (Fsp3) is 0.286. The SMILES string of the molecule is CCOc1ccc(C)cc1C(Cl)c1cc(Br)c(Br)s1. The zero-order chi connectivity index (χ0) is 14.0. The summed E-state index contributed by atoms with van der Waals surface area (Å²) < 4.78 is 7.75. The van der Waals surface area contributed by atoms with Gasteiger partial charge >= 0.3 is 0 Å². The molecule has 1 unspecified atom stereocenters. The second-order valence-corrected chi connectivity index (χ2v) is 7.80. The lowest BCUT2D eigenvalue weighted by Gasteiger charge is -2.14. The van der Waals surface area contributed by atoms with Crippen LogP contribution in [0.4, 0.5) is 0 Å². The number of rotatable bonds is 4. The molecule has 1 atom stereocenters. The first-order valence-electron chi connectivity index (χ1n) is 5.85. The van der Waals surface area contributed by atoms with E-state index in [2.05, 4.69) is 44.8 Å². The Morgan fingerprint density at radius 1 is 1.32 bits per heavy atom. The van der Waals surface area contributed by atoms with Crippen molar-refractivity contribution < 1.29 is 4.74 Å². The van der Waals surface area contributed by atoms with Crippen LogP contribution in [0.1, 0.15) is 28.3 Å². The lowest BCUT2D eigenvalue weighted by atomic mass is 10.1. The summed E-state index contributed by atoms with van der Waals surface area (Å²) in [7, 11) is 0. The van der Waals surface area contributed by atoms with Gasteiger partial charge in [0.15, 0.2) is 0 Å². The number of ether oxygens (including phenoxy) is 1. The molecule has 0 radical (unpaired) electrons. The highest BCUT2D eigenvalue weighted by Gasteiger charge is 2.19. The van der Waals surface area contributed by atoms with Crippen molar-refractivity contribution in [3.05, 3.63) is 48.5 Å². The quantitative estimate of drug-likeness (QED) is 0.523. The van der Waals surface area contributed by atoms with Crippen LogP contribution in [0.5, 0.6) is 5.75 Å². The van der Waals surface area contributed by atoms with E-state index >= 15 is 0 Å². The van der Waals surface area contributed by atoms with Gasteiger partial charge in [-0.05, 0) is 57.8 Å². The average molecular weight is 425 g/mol. The normalized spacial score (nSPS) is 12.5. The van der Waals surface area contributed by atoms with Gasteiger partial charge in [-0.15, -0.1) is 22.9 Å². The minimum absolute atomic E-state index is 0.200. The summed E-state index contributed by atoms with van der Waals surface area (Å²) in [5, 5.41) is -0.200. The van der Waals surface area contributed by atoms with Gasteiger partial charge in [-0.3, -0.25) is 0 Å². The molecule has 0 aliphatic heterocycles. The second kappa shape index (κ2) is 6.61. The molecule has 0 saturated heterocycles. The van der Waals surface area contributed by atoms with Crippen LogP contribution < -0.4 is 4.74 Å². The number of alkyl halides is 1. The molecule has 0 amide bonds. The van der Waals surface area contributed by atoms with E-state index in [0.717, 1.165) is 24.4 Å². The Morgan fingerprint density at radius 2 is 2.05 bits per heavy atom. The smallest absolute Gasteiger partial charge is 0.124 e. The van der Waals surface area contributed by atoms with Gasteiger partial charge in [0.2, 0.25) is 0 Å². The van der Waals surface area contributed by atoms with Crippen molar-refractivity contribution in [1.82, 2.24) is 0 Å². The van der Waals surface area contributed by atoms with Crippen molar-refractivity contribution in [2.45, 2.75) is 19.2 Å². The molecule has 0 saturated carbocycles. The molecule has 1 nitrogen and oxygen atoms in total. The van der Waals surface area contributed by atoms with E-state index < -0.39 is 0 Å². The van der Waals surface area contributed by atoms with Crippen LogP contribution in [0.15, 0.2) is 32.5 Å². The van der Waals surface area contributed by atoms with Crippen molar-refractivity contribution in [2.75, 3.05) is 6.61 Å². The van der Waals surface area contributed by atoms with Crippen molar-refractivity contribution in [3.8, 4) is 5.75 Å². The van der Waals surface area contributed by atoms with Crippen LogP contribution in [-0.4, -0.2) is 6.61 Å². The Labute approximate surface area is 139 Å².